The summed E-state index contributed by atoms with van der Waals surface area (Å²) in [7, 11) is -2.22. The molecule has 1 amide bonds. The van der Waals surface area contributed by atoms with Crippen molar-refractivity contribution in [2.75, 3.05) is 12.9 Å². The van der Waals surface area contributed by atoms with Crippen LogP contribution in [-0.4, -0.2) is 38.1 Å². The summed E-state index contributed by atoms with van der Waals surface area (Å²) >= 11 is 0. The molecule has 6 nitrogen and oxygen atoms in total. The first kappa shape index (κ1) is 25.3. The highest BCUT2D eigenvalue weighted by Crippen LogP contribution is 2.31. The SMILES string of the molecule is CCS(=O)(=O)Oc1cc(CN(C(=O)C[C@H](C)CC(C)(C)C)C(C)C)ccc1OC. The second kappa shape index (κ2) is 10.3. The van der Waals surface area contributed by atoms with Gasteiger partial charge < -0.3 is 13.8 Å². The third-order valence-corrected chi connectivity index (χ3v) is 5.72. The van der Waals surface area contributed by atoms with E-state index in [0.29, 0.717) is 18.7 Å². The average molecular weight is 428 g/mol. The maximum atomic E-state index is 12.9. The van der Waals surface area contributed by atoms with Crippen molar-refractivity contribution in [3.05, 3.63) is 23.8 Å². The second-order valence-electron chi connectivity index (χ2n) is 9.10. The molecule has 0 fully saturated rings. The van der Waals surface area contributed by atoms with E-state index < -0.39 is 10.1 Å². The Morgan fingerprint density at radius 2 is 1.76 bits per heavy atom. The van der Waals surface area contributed by atoms with Crippen molar-refractivity contribution in [1.29, 1.82) is 0 Å². The lowest BCUT2D eigenvalue weighted by Crippen LogP contribution is -2.37. The van der Waals surface area contributed by atoms with Crippen LogP contribution in [0.5, 0.6) is 11.5 Å². The number of methoxy groups -OCH3 is 1. The number of rotatable bonds is 10. The number of hydrogen-bond donors (Lipinski definition) is 0. The van der Waals surface area contributed by atoms with Gasteiger partial charge in [0.15, 0.2) is 11.5 Å². The molecule has 0 aliphatic carbocycles. The molecule has 0 aliphatic heterocycles. The number of ether oxygens (including phenoxy) is 1. The van der Waals surface area contributed by atoms with Crippen LogP contribution in [0, 0.1) is 11.3 Å². The lowest BCUT2D eigenvalue weighted by Gasteiger charge is -2.30. The average Bonchev–Trinajstić information content (AvgIpc) is 2.57. The first-order chi connectivity index (χ1) is 13.3. The van der Waals surface area contributed by atoms with Crippen molar-refractivity contribution in [2.45, 2.75) is 73.9 Å². The Labute approximate surface area is 176 Å². The molecular weight excluding hydrogens is 390 g/mol. The van der Waals surface area contributed by atoms with Crippen molar-refractivity contribution in [2.24, 2.45) is 11.3 Å². The van der Waals surface area contributed by atoms with Crippen molar-refractivity contribution < 1.29 is 22.1 Å². The van der Waals surface area contributed by atoms with Gasteiger partial charge in [0.1, 0.15) is 0 Å². The van der Waals surface area contributed by atoms with Gasteiger partial charge in [-0.15, -0.1) is 0 Å². The lowest BCUT2D eigenvalue weighted by molar-refractivity contribution is -0.134. The Morgan fingerprint density at radius 1 is 1.14 bits per heavy atom. The maximum Gasteiger partial charge on any atom is 0.309 e. The van der Waals surface area contributed by atoms with Crippen molar-refractivity contribution >= 4 is 16.0 Å². The zero-order valence-electron chi connectivity index (χ0n) is 19.1. The lowest BCUT2D eigenvalue weighted by atomic mass is 9.84. The molecule has 0 N–H and O–H groups in total. The molecule has 7 heteroatoms. The van der Waals surface area contributed by atoms with Gasteiger partial charge in [-0.3, -0.25) is 4.79 Å². The summed E-state index contributed by atoms with van der Waals surface area (Å²) in [6, 6.07) is 5.15. The van der Waals surface area contributed by atoms with Crippen LogP contribution in [0.2, 0.25) is 0 Å². The molecule has 0 heterocycles. The first-order valence-corrected chi connectivity index (χ1v) is 11.7. The quantitative estimate of drug-likeness (QED) is 0.509. The van der Waals surface area contributed by atoms with Gasteiger partial charge in [0, 0.05) is 19.0 Å². The Morgan fingerprint density at radius 3 is 2.24 bits per heavy atom. The predicted molar refractivity (Wildman–Crippen MR) is 117 cm³/mol. The normalized spacial score (nSPS) is 13.3. The maximum absolute atomic E-state index is 12.9. The van der Waals surface area contributed by atoms with E-state index in [1.807, 2.05) is 24.8 Å². The molecule has 0 saturated heterocycles. The summed E-state index contributed by atoms with van der Waals surface area (Å²) in [4.78, 5) is 14.8. The zero-order chi connectivity index (χ0) is 22.4. The highest BCUT2D eigenvalue weighted by atomic mass is 32.2. The summed E-state index contributed by atoms with van der Waals surface area (Å²) in [5.74, 6) is 0.725. The number of amides is 1. The molecule has 0 saturated carbocycles. The zero-order valence-corrected chi connectivity index (χ0v) is 19.9. The smallest absolute Gasteiger partial charge is 0.309 e. The standard InChI is InChI=1S/C22H37NO5S/c1-9-29(25,26)28-20-13-18(10-11-19(20)27-8)15-23(16(2)3)21(24)12-17(4)14-22(5,6)7/h10-11,13,16-17H,9,12,14-15H2,1-8H3/t17-/m0/s1. The summed E-state index contributed by atoms with van der Waals surface area (Å²) in [5.41, 5.74) is 0.965. The molecule has 166 valence electrons. The molecule has 1 atom stereocenters. The minimum Gasteiger partial charge on any atom is -0.493 e. The van der Waals surface area contributed by atoms with Crippen LogP contribution in [0.4, 0.5) is 0 Å². The van der Waals surface area contributed by atoms with Gasteiger partial charge in [0.05, 0.1) is 12.9 Å². The minimum atomic E-state index is -3.68. The molecule has 1 rings (SSSR count). The van der Waals surface area contributed by atoms with Crippen molar-refractivity contribution in [3.63, 3.8) is 0 Å². The van der Waals surface area contributed by atoms with E-state index in [0.717, 1.165) is 12.0 Å². The van der Waals surface area contributed by atoms with Crippen molar-refractivity contribution in [1.82, 2.24) is 4.90 Å². The molecule has 1 aromatic rings. The molecule has 0 unspecified atom stereocenters. The Balaban J connectivity index is 3.02. The Kier molecular flexibility index (Phi) is 9.00. The fraction of sp³-hybridized carbons (Fsp3) is 0.682. The molecule has 0 radical (unpaired) electrons. The third kappa shape index (κ3) is 8.64. The molecule has 0 bridgehead atoms. The van der Waals surface area contributed by atoms with E-state index in [-0.39, 0.29) is 34.8 Å². The minimum absolute atomic E-state index is 0.0233. The summed E-state index contributed by atoms with van der Waals surface area (Å²) in [6.07, 6.45) is 1.46. The van der Waals surface area contributed by atoms with Crippen LogP contribution in [0.25, 0.3) is 0 Å². The summed E-state index contributed by atoms with van der Waals surface area (Å²) in [6.45, 7) is 14.5. The fourth-order valence-electron chi connectivity index (χ4n) is 3.37. The molecule has 1 aromatic carbocycles. The number of benzene rings is 1. The van der Waals surface area contributed by atoms with Crippen LogP contribution in [0.3, 0.4) is 0 Å². The number of nitrogens with zero attached hydrogens (tertiary/aromatic N) is 1. The van der Waals surface area contributed by atoms with Gasteiger partial charge in [-0.1, -0.05) is 33.8 Å². The van der Waals surface area contributed by atoms with Crippen LogP contribution in [-0.2, 0) is 21.5 Å². The van der Waals surface area contributed by atoms with Crippen LogP contribution < -0.4 is 8.92 Å². The third-order valence-electron chi connectivity index (χ3n) is 4.58. The predicted octanol–water partition coefficient (Wildman–Crippen LogP) is 4.62. The molecule has 0 aliphatic rings. The highest BCUT2D eigenvalue weighted by molar-refractivity contribution is 7.87. The number of carbonyl (C=O) groups is 1. The molecule has 29 heavy (non-hydrogen) atoms. The monoisotopic (exact) mass is 427 g/mol. The van der Waals surface area contributed by atoms with Gasteiger partial charge in [0.25, 0.3) is 0 Å². The van der Waals surface area contributed by atoms with Gasteiger partial charge in [-0.25, -0.2) is 0 Å². The Hall–Kier alpha value is -1.76. The largest absolute Gasteiger partial charge is 0.493 e. The highest BCUT2D eigenvalue weighted by Gasteiger charge is 2.23. The molecular formula is C22H37NO5S. The van der Waals surface area contributed by atoms with Gasteiger partial charge in [0.2, 0.25) is 5.91 Å². The van der Waals surface area contributed by atoms with E-state index >= 15 is 0 Å². The van der Waals surface area contributed by atoms with Gasteiger partial charge >= 0.3 is 10.1 Å². The first-order valence-electron chi connectivity index (χ1n) is 10.2. The van der Waals surface area contributed by atoms with Crippen LogP contribution in [0.1, 0.15) is 66.9 Å². The van der Waals surface area contributed by atoms with Gasteiger partial charge in [-0.05, 0) is 56.2 Å². The fourth-order valence-corrected chi connectivity index (χ4v) is 3.89. The molecule has 0 aromatic heterocycles. The van der Waals surface area contributed by atoms with E-state index in [2.05, 4.69) is 27.7 Å². The summed E-state index contributed by atoms with van der Waals surface area (Å²) in [5, 5.41) is 0. The van der Waals surface area contributed by atoms with E-state index in [1.165, 1.54) is 14.0 Å². The van der Waals surface area contributed by atoms with E-state index in [4.69, 9.17) is 8.92 Å². The summed E-state index contributed by atoms with van der Waals surface area (Å²) < 4.78 is 34.2. The van der Waals surface area contributed by atoms with Crippen LogP contribution in [0.15, 0.2) is 18.2 Å². The number of carbonyl (C=O) groups excluding carboxylic acids is 1. The second-order valence-corrected chi connectivity index (χ2v) is 11.0. The van der Waals surface area contributed by atoms with E-state index in [9.17, 15) is 13.2 Å². The van der Waals surface area contributed by atoms with Crippen LogP contribution >= 0.6 is 0 Å². The topological polar surface area (TPSA) is 72.9 Å². The Bertz CT molecular complexity index is 781. The number of hydrogen-bond acceptors (Lipinski definition) is 5. The van der Waals surface area contributed by atoms with E-state index in [1.54, 1.807) is 12.1 Å². The van der Waals surface area contributed by atoms with Gasteiger partial charge in [-0.2, -0.15) is 8.42 Å². The molecule has 0 spiro atoms. The van der Waals surface area contributed by atoms with Crippen molar-refractivity contribution in [3.8, 4) is 11.5 Å².